The number of halogens is 1. The van der Waals surface area contributed by atoms with Crippen LogP contribution in [-0.2, 0) is 17.8 Å². The molecule has 1 heterocycles. The molecule has 1 aliphatic rings. The first-order valence-corrected chi connectivity index (χ1v) is 10.2. The van der Waals surface area contributed by atoms with Gasteiger partial charge in [-0.2, -0.15) is 0 Å². The van der Waals surface area contributed by atoms with Crippen LogP contribution in [0.4, 0.5) is 4.39 Å². The number of carbonyl (C=O) groups excluding carboxylic acids is 1. The van der Waals surface area contributed by atoms with Crippen LogP contribution < -0.4 is 10.1 Å². The highest BCUT2D eigenvalue weighted by Crippen LogP contribution is 2.18. The van der Waals surface area contributed by atoms with E-state index in [1.165, 1.54) is 18.7 Å². The van der Waals surface area contributed by atoms with Crippen molar-refractivity contribution < 1.29 is 13.9 Å². The zero-order valence-corrected chi connectivity index (χ0v) is 17.1. The summed E-state index contributed by atoms with van der Waals surface area (Å²) in [4.78, 5) is 16.9. The number of rotatable bonds is 9. The van der Waals surface area contributed by atoms with E-state index >= 15 is 0 Å². The van der Waals surface area contributed by atoms with Gasteiger partial charge in [0, 0.05) is 52.2 Å². The summed E-state index contributed by atoms with van der Waals surface area (Å²) >= 11 is 0. The number of hydrogen-bond donors (Lipinski definition) is 1. The molecule has 1 saturated heterocycles. The Morgan fingerprint density at radius 1 is 1.03 bits per heavy atom. The SMILES string of the molecule is COc1ccc(CCC(=O)NCCN2CCN(Cc3ccccc3)CC2)cc1F. The van der Waals surface area contributed by atoms with Gasteiger partial charge in [-0.15, -0.1) is 0 Å². The summed E-state index contributed by atoms with van der Waals surface area (Å²) < 4.78 is 18.6. The van der Waals surface area contributed by atoms with Crippen molar-refractivity contribution in [2.24, 2.45) is 0 Å². The number of methoxy groups -OCH3 is 1. The summed E-state index contributed by atoms with van der Waals surface area (Å²) in [5, 5.41) is 2.98. The Morgan fingerprint density at radius 2 is 1.76 bits per heavy atom. The molecule has 0 spiro atoms. The summed E-state index contributed by atoms with van der Waals surface area (Å²) in [5.41, 5.74) is 2.15. The van der Waals surface area contributed by atoms with Gasteiger partial charge in [0.05, 0.1) is 7.11 Å². The van der Waals surface area contributed by atoms with Gasteiger partial charge in [0.25, 0.3) is 0 Å². The van der Waals surface area contributed by atoms with Gasteiger partial charge in [-0.3, -0.25) is 14.6 Å². The third kappa shape index (κ3) is 6.84. The molecule has 1 fully saturated rings. The molecule has 1 amide bonds. The van der Waals surface area contributed by atoms with Crippen molar-refractivity contribution in [3.63, 3.8) is 0 Å². The van der Waals surface area contributed by atoms with Gasteiger partial charge in [-0.25, -0.2) is 4.39 Å². The molecule has 0 unspecified atom stereocenters. The zero-order chi connectivity index (χ0) is 20.5. The monoisotopic (exact) mass is 399 g/mol. The fourth-order valence-electron chi connectivity index (χ4n) is 3.58. The Hall–Kier alpha value is -2.44. The van der Waals surface area contributed by atoms with E-state index in [4.69, 9.17) is 4.74 Å². The van der Waals surface area contributed by atoms with Crippen LogP contribution in [0.2, 0.25) is 0 Å². The van der Waals surface area contributed by atoms with Crippen LogP contribution in [0.15, 0.2) is 48.5 Å². The smallest absolute Gasteiger partial charge is 0.220 e. The molecule has 156 valence electrons. The van der Waals surface area contributed by atoms with E-state index in [2.05, 4.69) is 39.4 Å². The molecule has 3 rings (SSSR count). The summed E-state index contributed by atoms with van der Waals surface area (Å²) in [6.45, 7) is 6.65. The normalized spacial score (nSPS) is 15.2. The van der Waals surface area contributed by atoms with E-state index in [9.17, 15) is 9.18 Å². The van der Waals surface area contributed by atoms with Gasteiger partial charge in [-0.05, 0) is 29.7 Å². The van der Waals surface area contributed by atoms with E-state index in [1.807, 2.05) is 6.07 Å². The maximum absolute atomic E-state index is 13.7. The predicted molar refractivity (Wildman–Crippen MR) is 112 cm³/mol. The summed E-state index contributed by atoms with van der Waals surface area (Å²) in [7, 11) is 1.44. The lowest BCUT2D eigenvalue weighted by Crippen LogP contribution is -2.48. The van der Waals surface area contributed by atoms with Crippen LogP contribution >= 0.6 is 0 Å². The highest BCUT2D eigenvalue weighted by molar-refractivity contribution is 5.76. The number of nitrogens with one attached hydrogen (secondary N) is 1. The molecule has 0 radical (unpaired) electrons. The highest BCUT2D eigenvalue weighted by Gasteiger charge is 2.16. The number of ether oxygens (including phenoxy) is 1. The second-order valence-electron chi connectivity index (χ2n) is 7.42. The number of piperazine rings is 1. The molecule has 0 atom stereocenters. The van der Waals surface area contributed by atoms with Crippen LogP contribution in [0.1, 0.15) is 17.5 Å². The quantitative estimate of drug-likeness (QED) is 0.704. The fourth-order valence-corrected chi connectivity index (χ4v) is 3.58. The molecule has 0 aliphatic carbocycles. The van der Waals surface area contributed by atoms with Gasteiger partial charge in [0.15, 0.2) is 11.6 Å². The van der Waals surface area contributed by atoms with Crippen LogP contribution in [0.3, 0.4) is 0 Å². The Labute approximate surface area is 172 Å². The second-order valence-corrected chi connectivity index (χ2v) is 7.42. The Kier molecular flexibility index (Phi) is 8.02. The Balaban J connectivity index is 1.29. The van der Waals surface area contributed by atoms with Crippen LogP contribution in [-0.4, -0.2) is 62.1 Å². The molecule has 0 aromatic heterocycles. The largest absolute Gasteiger partial charge is 0.494 e. The lowest BCUT2D eigenvalue weighted by molar-refractivity contribution is -0.121. The van der Waals surface area contributed by atoms with Crippen molar-refractivity contribution in [3.05, 3.63) is 65.5 Å². The third-order valence-corrected chi connectivity index (χ3v) is 5.32. The molecule has 0 saturated carbocycles. The summed E-state index contributed by atoms with van der Waals surface area (Å²) in [6, 6.07) is 15.4. The molecule has 5 nitrogen and oxygen atoms in total. The first-order chi connectivity index (χ1) is 14.1. The molecule has 0 bridgehead atoms. The summed E-state index contributed by atoms with van der Waals surface area (Å²) in [6.07, 6.45) is 0.877. The third-order valence-electron chi connectivity index (χ3n) is 5.32. The number of hydrogen-bond acceptors (Lipinski definition) is 4. The molecule has 1 N–H and O–H groups in total. The molecule has 2 aromatic rings. The van der Waals surface area contributed by atoms with Crippen molar-refractivity contribution in [2.75, 3.05) is 46.4 Å². The van der Waals surface area contributed by atoms with E-state index in [0.717, 1.165) is 44.8 Å². The van der Waals surface area contributed by atoms with E-state index in [0.29, 0.717) is 19.4 Å². The molecular weight excluding hydrogens is 369 g/mol. The van der Waals surface area contributed by atoms with Crippen molar-refractivity contribution in [1.29, 1.82) is 0 Å². The molecule has 2 aromatic carbocycles. The average Bonchev–Trinajstić information content (AvgIpc) is 2.74. The minimum Gasteiger partial charge on any atom is -0.494 e. The first kappa shape index (κ1) is 21.3. The Bertz CT molecular complexity index is 777. The number of aryl methyl sites for hydroxylation is 1. The molecule has 6 heteroatoms. The average molecular weight is 400 g/mol. The number of benzene rings is 2. The van der Waals surface area contributed by atoms with E-state index in [-0.39, 0.29) is 11.7 Å². The molecule has 1 aliphatic heterocycles. The minimum atomic E-state index is -0.392. The van der Waals surface area contributed by atoms with Crippen LogP contribution in [0, 0.1) is 5.82 Å². The standard InChI is InChI=1S/C23H30FN3O2/c1-29-22-9-7-19(17-21(22)24)8-10-23(28)25-11-12-26-13-15-27(16-14-26)18-20-5-3-2-4-6-20/h2-7,9,17H,8,10-16,18H2,1H3,(H,25,28). The number of nitrogens with zero attached hydrogens (tertiary/aromatic N) is 2. The number of carbonyl (C=O) groups is 1. The maximum Gasteiger partial charge on any atom is 0.220 e. The lowest BCUT2D eigenvalue weighted by atomic mass is 10.1. The lowest BCUT2D eigenvalue weighted by Gasteiger charge is -2.34. The fraction of sp³-hybridized carbons (Fsp3) is 0.435. The predicted octanol–water partition coefficient (Wildman–Crippen LogP) is 2.70. The topological polar surface area (TPSA) is 44.8 Å². The highest BCUT2D eigenvalue weighted by atomic mass is 19.1. The first-order valence-electron chi connectivity index (χ1n) is 10.2. The van der Waals surface area contributed by atoms with Crippen LogP contribution in [0.25, 0.3) is 0 Å². The van der Waals surface area contributed by atoms with Gasteiger partial charge in [0.1, 0.15) is 0 Å². The minimum absolute atomic E-state index is 0.00365. The molecular formula is C23H30FN3O2. The maximum atomic E-state index is 13.7. The van der Waals surface area contributed by atoms with Crippen molar-refractivity contribution >= 4 is 5.91 Å². The van der Waals surface area contributed by atoms with Crippen molar-refractivity contribution in [3.8, 4) is 5.75 Å². The summed E-state index contributed by atoms with van der Waals surface area (Å²) in [5.74, 6) is -0.164. The van der Waals surface area contributed by atoms with Crippen molar-refractivity contribution in [2.45, 2.75) is 19.4 Å². The van der Waals surface area contributed by atoms with Crippen LogP contribution in [0.5, 0.6) is 5.75 Å². The molecule has 29 heavy (non-hydrogen) atoms. The van der Waals surface area contributed by atoms with Crippen molar-refractivity contribution in [1.82, 2.24) is 15.1 Å². The van der Waals surface area contributed by atoms with Gasteiger partial charge in [-0.1, -0.05) is 36.4 Å². The van der Waals surface area contributed by atoms with E-state index in [1.54, 1.807) is 12.1 Å². The van der Waals surface area contributed by atoms with Gasteiger partial charge >= 0.3 is 0 Å². The number of amides is 1. The Morgan fingerprint density at radius 3 is 2.45 bits per heavy atom. The zero-order valence-electron chi connectivity index (χ0n) is 17.1. The van der Waals surface area contributed by atoms with E-state index < -0.39 is 5.82 Å². The second kappa shape index (κ2) is 10.9. The van der Waals surface area contributed by atoms with Gasteiger partial charge in [0.2, 0.25) is 5.91 Å². The van der Waals surface area contributed by atoms with Gasteiger partial charge < -0.3 is 10.1 Å².